The lowest BCUT2D eigenvalue weighted by atomic mass is 10.2. The van der Waals surface area contributed by atoms with Crippen molar-refractivity contribution in [2.75, 3.05) is 47.4 Å². The van der Waals surface area contributed by atoms with E-state index in [1.54, 1.807) is 18.1 Å². The van der Waals surface area contributed by atoms with E-state index in [4.69, 9.17) is 10.5 Å². The molecule has 106 valence electrons. The number of ether oxygens (including phenoxy) is 1. The van der Waals surface area contributed by atoms with Crippen LogP contribution in [0.4, 0.5) is 0 Å². The van der Waals surface area contributed by atoms with E-state index < -0.39 is 6.04 Å². The number of hydrogen-bond acceptors (Lipinski definition) is 4. The van der Waals surface area contributed by atoms with Crippen LogP contribution in [0.15, 0.2) is 12.7 Å². The lowest BCUT2D eigenvalue weighted by molar-refractivity contribution is -0.133. The standard InChI is InChI=1S/C13H27N3O2/c1-5-7-12(14)13(17)16(10-11-18-4)9-6-8-15(2)3/h5,12H,1,6-11,14H2,2-4H3. The van der Waals surface area contributed by atoms with Crippen LogP contribution in [-0.4, -0.2) is 69.2 Å². The van der Waals surface area contributed by atoms with Crippen LogP contribution in [0.2, 0.25) is 0 Å². The quantitative estimate of drug-likeness (QED) is 0.573. The third kappa shape index (κ3) is 7.42. The first kappa shape index (κ1) is 17.1. The molecule has 1 amide bonds. The monoisotopic (exact) mass is 257 g/mol. The molecule has 0 spiro atoms. The van der Waals surface area contributed by atoms with Crippen LogP contribution in [0.1, 0.15) is 12.8 Å². The molecule has 0 rings (SSSR count). The first-order chi connectivity index (χ1) is 8.52. The lowest BCUT2D eigenvalue weighted by Gasteiger charge is -2.25. The zero-order chi connectivity index (χ0) is 14.0. The Bertz CT molecular complexity index is 244. The zero-order valence-corrected chi connectivity index (χ0v) is 11.9. The highest BCUT2D eigenvalue weighted by Gasteiger charge is 2.19. The molecule has 0 aliphatic rings. The molecule has 0 aliphatic carbocycles. The van der Waals surface area contributed by atoms with Crippen LogP contribution in [-0.2, 0) is 9.53 Å². The minimum atomic E-state index is -0.487. The molecule has 0 saturated heterocycles. The normalized spacial score (nSPS) is 12.5. The maximum Gasteiger partial charge on any atom is 0.239 e. The Hall–Kier alpha value is -0.910. The van der Waals surface area contributed by atoms with Crippen LogP contribution in [0.25, 0.3) is 0 Å². The molecule has 1 unspecified atom stereocenters. The average molecular weight is 257 g/mol. The smallest absolute Gasteiger partial charge is 0.239 e. The van der Waals surface area contributed by atoms with Crippen molar-refractivity contribution in [1.29, 1.82) is 0 Å². The fraction of sp³-hybridized carbons (Fsp3) is 0.769. The van der Waals surface area contributed by atoms with Crippen molar-refractivity contribution in [1.82, 2.24) is 9.80 Å². The summed E-state index contributed by atoms with van der Waals surface area (Å²) in [7, 11) is 5.67. The van der Waals surface area contributed by atoms with Gasteiger partial charge in [-0.05, 0) is 33.5 Å². The fourth-order valence-electron chi connectivity index (χ4n) is 1.63. The van der Waals surface area contributed by atoms with Crippen LogP contribution >= 0.6 is 0 Å². The molecule has 0 aromatic carbocycles. The molecule has 0 aromatic rings. The summed E-state index contributed by atoms with van der Waals surface area (Å²) >= 11 is 0. The third-order valence-corrected chi connectivity index (χ3v) is 2.65. The Labute approximate surface area is 111 Å². The third-order valence-electron chi connectivity index (χ3n) is 2.65. The molecular weight excluding hydrogens is 230 g/mol. The number of hydrogen-bond donors (Lipinski definition) is 1. The molecular formula is C13H27N3O2. The van der Waals surface area contributed by atoms with Gasteiger partial charge in [-0.25, -0.2) is 0 Å². The Kier molecular flexibility index (Phi) is 9.55. The summed E-state index contributed by atoms with van der Waals surface area (Å²) in [4.78, 5) is 16.0. The second-order valence-electron chi connectivity index (χ2n) is 4.61. The van der Waals surface area contributed by atoms with Gasteiger partial charge in [-0.15, -0.1) is 6.58 Å². The summed E-state index contributed by atoms with van der Waals surface area (Å²) in [6, 6.07) is -0.487. The molecule has 0 fully saturated rings. The summed E-state index contributed by atoms with van der Waals surface area (Å²) in [6.07, 6.45) is 3.12. The molecule has 0 bridgehead atoms. The van der Waals surface area contributed by atoms with E-state index in [0.29, 0.717) is 26.1 Å². The number of amides is 1. The molecule has 0 saturated carbocycles. The molecule has 0 aliphatic heterocycles. The molecule has 0 heterocycles. The summed E-state index contributed by atoms with van der Waals surface area (Å²) in [6.45, 7) is 6.40. The second kappa shape index (κ2) is 10.1. The molecule has 5 nitrogen and oxygen atoms in total. The minimum absolute atomic E-state index is 0.0225. The number of nitrogens with zero attached hydrogens (tertiary/aromatic N) is 2. The van der Waals surface area contributed by atoms with E-state index >= 15 is 0 Å². The number of rotatable bonds is 10. The highest BCUT2D eigenvalue weighted by atomic mass is 16.5. The van der Waals surface area contributed by atoms with E-state index in [1.165, 1.54) is 0 Å². The van der Waals surface area contributed by atoms with E-state index in [-0.39, 0.29) is 5.91 Å². The van der Waals surface area contributed by atoms with E-state index in [2.05, 4.69) is 11.5 Å². The Morgan fingerprint density at radius 2 is 2.06 bits per heavy atom. The Balaban J connectivity index is 4.27. The van der Waals surface area contributed by atoms with Gasteiger partial charge >= 0.3 is 0 Å². The van der Waals surface area contributed by atoms with Gasteiger partial charge in [-0.3, -0.25) is 4.79 Å². The van der Waals surface area contributed by atoms with Gasteiger partial charge in [0.1, 0.15) is 0 Å². The van der Waals surface area contributed by atoms with Gasteiger partial charge < -0.3 is 20.3 Å². The Morgan fingerprint density at radius 1 is 1.39 bits per heavy atom. The molecule has 0 radical (unpaired) electrons. The minimum Gasteiger partial charge on any atom is -0.383 e. The number of methoxy groups -OCH3 is 1. The maximum atomic E-state index is 12.1. The summed E-state index contributed by atoms with van der Waals surface area (Å²) in [5, 5.41) is 0. The Morgan fingerprint density at radius 3 is 2.56 bits per heavy atom. The van der Waals surface area contributed by atoms with Crippen molar-refractivity contribution in [2.45, 2.75) is 18.9 Å². The first-order valence-corrected chi connectivity index (χ1v) is 6.31. The molecule has 5 heteroatoms. The second-order valence-corrected chi connectivity index (χ2v) is 4.61. The predicted octanol–water partition coefficient (Wildman–Crippen LogP) is 0.317. The number of carbonyl (C=O) groups is 1. The maximum absolute atomic E-state index is 12.1. The average Bonchev–Trinajstić information content (AvgIpc) is 2.32. The summed E-state index contributed by atoms with van der Waals surface area (Å²) in [5.74, 6) is -0.0225. The van der Waals surface area contributed by atoms with Crippen LogP contribution in [0.5, 0.6) is 0 Å². The van der Waals surface area contributed by atoms with Crippen molar-refractivity contribution in [2.24, 2.45) is 5.73 Å². The van der Waals surface area contributed by atoms with Crippen LogP contribution in [0, 0.1) is 0 Å². The fourth-order valence-corrected chi connectivity index (χ4v) is 1.63. The van der Waals surface area contributed by atoms with E-state index in [9.17, 15) is 4.79 Å². The molecule has 2 N–H and O–H groups in total. The molecule has 1 atom stereocenters. The van der Waals surface area contributed by atoms with Crippen LogP contribution < -0.4 is 5.73 Å². The predicted molar refractivity (Wildman–Crippen MR) is 74.4 cm³/mol. The largest absolute Gasteiger partial charge is 0.383 e. The van der Waals surface area contributed by atoms with Gasteiger partial charge in [0.15, 0.2) is 0 Å². The van der Waals surface area contributed by atoms with Crippen molar-refractivity contribution in [3.8, 4) is 0 Å². The van der Waals surface area contributed by atoms with Crippen molar-refractivity contribution in [3.63, 3.8) is 0 Å². The van der Waals surface area contributed by atoms with Gasteiger partial charge in [0.2, 0.25) is 5.91 Å². The van der Waals surface area contributed by atoms with Gasteiger partial charge in [0.25, 0.3) is 0 Å². The van der Waals surface area contributed by atoms with E-state index in [0.717, 1.165) is 13.0 Å². The molecule has 18 heavy (non-hydrogen) atoms. The topological polar surface area (TPSA) is 58.8 Å². The van der Waals surface area contributed by atoms with Gasteiger partial charge in [-0.2, -0.15) is 0 Å². The SMILES string of the molecule is C=CCC(N)C(=O)N(CCCN(C)C)CCOC. The summed E-state index contributed by atoms with van der Waals surface area (Å²) < 4.78 is 5.02. The summed E-state index contributed by atoms with van der Waals surface area (Å²) in [5.41, 5.74) is 5.82. The van der Waals surface area contributed by atoms with Crippen molar-refractivity contribution >= 4 is 5.91 Å². The lowest BCUT2D eigenvalue weighted by Crippen LogP contribution is -2.45. The van der Waals surface area contributed by atoms with Gasteiger partial charge in [-0.1, -0.05) is 6.08 Å². The van der Waals surface area contributed by atoms with Crippen LogP contribution in [0.3, 0.4) is 0 Å². The highest BCUT2D eigenvalue weighted by molar-refractivity contribution is 5.81. The van der Waals surface area contributed by atoms with Gasteiger partial charge in [0, 0.05) is 20.2 Å². The highest BCUT2D eigenvalue weighted by Crippen LogP contribution is 2.00. The number of nitrogens with two attached hydrogens (primary N) is 1. The first-order valence-electron chi connectivity index (χ1n) is 6.31. The van der Waals surface area contributed by atoms with Gasteiger partial charge in [0.05, 0.1) is 12.6 Å². The van der Waals surface area contributed by atoms with Crippen molar-refractivity contribution < 1.29 is 9.53 Å². The number of carbonyl (C=O) groups excluding carboxylic acids is 1. The van der Waals surface area contributed by atoms with E-state index in [1.807, 2.05) is 14.1 Å². The van der Waals surface area contributed by atoms with Crippen molar-refractivity contribution in [3.05, 3.63) is 12.7 Å². The zero-order valence-electron chi connectivity index (χ0n) is 11.9. The molecule has 0 aromatic heterocycles.